The number of nitro benzene ring substituents is 1. The maximum atomic E-state index is 12.6. The van der Waals surface area contributed by atoms with Crippen LogP contribution < -0.4 is 16.5 Å². The molecular weight excluding hydrogens is 348 g/mol. The van der Waals surface area contributed by atoms with E-state index in [1.54, 1.807) is 30.3 Å². The van der Waals surface area contributed by atoms with Gasteiger partial charge >= 0.3 is 11.1 Å². The molecule has 4 rings (SSSR count). The second-order valence-corrected chi connectivity index (χ2v) is 6.15. The summed E-state index contributed by atoms with van der Waals surface area (Å²) in [5, 5.41) is 12.4. The molecule has 4 aromatic rings. The topological polar surface area (TPSA) is 110 Å². The van der Waals surface area contributed by atoms with Crippen molar-refractivity contribution in [3.8, 4) is 0 Å². The molecule has 0 bridgehead atoms. The van der Waals surface area contributed by atoms with Crippen LogP contribution in [-0.2, 0) is 0 Å². The van der Waals surface area contributed by atoms with Crippen molar-refractivity contribution >= 4 is 33.2 Å². The maximum absolute atomic E-state index is 12.6. The average molecular weight is 362 g/mol. The van der Waals surface area contributed by atoms with Gasteiger partial charge in [0.25, 0.3) is 5.69 Å². The van der Waals surface area contributed by atoms with Gasteiger partial charge in [-0.2, -0.15) is 0 Å². The fraction of sp³-hybridized carbons (Fsp3) is 0.0526. The highest BCUT2D eigenvalue weighted by molar-refractivity contribution is 6.05. The number of H-pyrrole nitrogens is 1. The highest BCUT2D eigenvalue weighted by Gasteiger charge is 2.15. The molecule has 1 aromatic heterocycles. The summed E-state index contributed by atoms with van der Waals surface area (Å²) in [6.07, 6.45) is 0. The molecule has 8 nitrogen and oxygen atoms in total. The molecule has 0 amide bonds. The molecule has 0 saturated heterocycles. The number of benzene rings is 3. The minimum Gasteiger partial charge on any atom is -0.316 e. The number of aromatic nitrogens is 2. The van der Waals surface area contributed by atoms with Gasteiger partial charge in [0, 0.05) is 17.5 Å². The number of anilines is 1. The Balaban J connectivity index is 2.12. The van der Waals surface area contributed by atoms with Crippen molar-refractivity contribution in [2.45, 2.75) is 6.92 Å². The van der Waals surface area contributed by atoms with Gasteiger partial charge in [0.1, 0.15) is 0 Å². The number of nitro groups is 1. The molecule has 8 heteroatoms. The lowest BCUT2D eigenvalue weighted by molar-refractivity contribution is -0.384. The van der Waals surface area contributed by atoms with Gasteiger partial charge < -0.3 is 4.98 Å². The van der Waals surface area contributed by atoms with Gasteiger partial charge in [0.15, 0.2) is 0 Å². The number of aryl methyl sites for hydroxylation is 1. The summed E-state index contributed by atoms with van der Waals surface area (Å²) in [5.41, 5.74) is 3.58. The van der Waals surface area contributed by atoms with Crippen molar-refractivity contribution in [1.82, 2.24) is 9.66 Å². The monoisotopic (exact) mass is 362 g/mol. The summed E-state index contributed by atoms with van der Waals surface area (Å²) >= 11 is 0. The average Bonchev–Trinajstić information content (AvgIpc) is 2.66. The number of aromatic amines is 1. The molecule has 0 fully saturated rings. The third-order valence-corrected chi connectivity index (χ3v) is 4.43. The Labute approximate surface area is 151 Å². The smallest absolute Gasteiger partial charge is 0.316 e. The Hall–Kier alpha value is -3.94. The van der Waals surface area contributed by atoms with Crippen molar-refractivity contribution in [3.63, 3.8) is 0 Å². The van der Waals surface area contributed by atoms with Crippen LogP contribution in [0.4, 0.5) is 11.4 Å². The van der Waals surface area contributed by atoms with Crippen LogP contribution in [0.15, 0.2) is 64.2 Å². The van der Waals surface area contributed by atoms with Crippen LogP contribution in [0.1, 0.15) is 5.56 Å². The lowest BCUT2D eigenvalue weighted by atomic mass is 10.1. The zero-order valence-corrected chi connectivity index (χ0v) is 14.2. The number of rotatable bonds is 3. The second-order valence-electron chi connectivity index (χ2n) is 6.15. The second kappa shape index (κ2) is 6.10. The highest BCUT2D eigenvalue weighted by Crippen LogP contribution is 2.27. The minimum atomic E-state index is -0.801. The van der Waals surface area contributed by atoms with Crippen molar-refractivity contribution in [1.29, 1.82) is 0 Å². The van der Waals surface area contributed by atoms with E-state index in [0.29, 0.717) is 27.5 Å². The van der Waals surface area contributed by atoms with E-state index < -0.39 is 16.0 Å². The van der Waals surface area contributed by atoms with E-state index in [1.165, 1.54) is 12.1 Å². The van der Waals surface area contributed by atoms with Crippen molar-refractivity contribution in [3.05, 3.63) is 91.0 Å². The van der Waals surface area contributed by atoms with Crippen LogP contribution in [0.5, 0.6) is 0 Å². The zero-order chi connectivity index (χ0) is 19.1. The van der Waals surface area contributed by atoms with Crippen molar-refractivity contribution in [2.75, 3.05) is 5.43 Å². The van der Waals surface area contributed by atoms with E-state index in [4.69, 9.17) is 0 Å². The summed E-state index contributed by atoms with van der Waals surface area (Å²) in [6, 6.07) is 15.1. The van der Waals surface area contributed by atoms with E-state index in [9.17, 15) is 19.7 Å². The largest absolute Gasteiger partial charge is 0.335 e. The molecule has 27 heavy (non-hydrogen) atoms. The van der Waals surface area contributed by atoms with Gasteiger partial charge in [-0.1, -0.05) is 24.3 Å². The van der Waals surface area contributed by atoms with Gasteiger partial charge in [0.2, 0.25) is 0 Å². The van der Waals surface area contributed by atoms with Crippen molar-refractivity contribution < 1.29 is 4.92 Å². The highest BCUT2D eigenvalue weighted by atomic mass is 16.6. The molecule has 0 atom stereocenters. The molecule has 1 heterocycles. The summed E-state index contributed by atoms with van der Waals surface area (Å²) < 4.78 is 1.14. The lowest BCUT2D eigenvalue weighted by Gasteiger charge is -2.15. The molecule has 0 radical (unpaired) electrons. The number of non-ortho nitro benzene ring substituents is 1. The number of fused-ring (bicyclic) bond motifs is 3. The van der Waals surface area contributed by atoms with Crippen LogP contribution >= 0.6 is 0 Å². The first-order valence-corrected chi connectivity index (χ1v) is 8.14. The third kappa shape index (κ3) is 2.73. The Morgan fingerprint density at radius 2 is 1.81 bits per heavy atom. The number of hydrogen-bond acceptors (Lipinski definition) is 5. The molecule has 134 valence electrons. The summed E-state index contributed by atoms with van der Waals surface area (Å²) in [4.78, 5) is 37.9. The van der Waals surface area contributed by atoms with Crippen LogP contribution in [0.25, 0.3) is 21.8 Å². The van der Waals surface area contributed by atoms with E-state index >= 15 is 0 Å². The normalized spacial score (nSPS) is 11.0. The molecule has 3 aromatic carbocycles. The number of hydrogen-bond donors (Lipinski definition) is 2. The summed E-state index contributed by atoms with van der Waals surface area (Å²) in [7, 11) is 0. The van der Waals surface area contributed by atoms with Crippen LogP contribution in [0.2, 0.25) is 0 Å². The van der Waals surface area contributed by atoms with Gasteiger partial charge in [-0.3, -0.25) is 25.1 Å². The fourth-order valence-corrected chi connectivity index (χ4v) is 3.05. The van der Waals surface area contributed by atoms with Crippen LogP contribution in [0.3, 0.4) is 0 Å². The molecule has 0 unspecified atom stereocenters. The SMILES string of the molecule is Cc1ccccc1Nn1c(=O)c(=O)[nH]c2ccc3ccc([N+](=O)[O-])cc3c21. The fourth-order valence-electron chi connectivity index (χ4n) is 3.05. The first kappa shape index (κ1) is 16.5. The molecule has 0 aliphatic heterocycles. The maximum Gasteiger partial charge on any atom is 0.335 e. The minimum absolute atomic E-state index is 0.101. The first-order chi connectivity index (χ1) is 13.0. The Bertz CT molecular complexity index is 1340. The summed E-state index contributed by atoms with van der Waals surface area (Å²) in [5.74, 6) is 0. The molecule has 0 aliphatic carbocycles. The number of para-hydroxylation sites is 1. The predicted molar refractivity (Wildman–Crippen MR) is 103 cm³/mol. The first-order valence-electron chi connectivity index (χ1n) is 8.14. The van der Waals surface area contributed by atoms with E-state index in [1.807, 2.05) is 19.1 Å². The van der Waals surface area contributed by atoms with Crippen molar-refractivity contribution in [2.24, 2.45) is 0 Å². The Morgan fingerprint density at radius 3 is 2.56 bits per heavy atom. The van der Waals surface area contributed by atoms with Gasteiger partial charge in [0.05, 0.1) is 21.6 Å². The van der Waals surface area contributed by atoms with Gasteiger partial charge in [-0.15, -0.1) is 0 Å². The molecule has 0 spiro atoms. The Morgan fingerprint density at radius 1 is 1.07 bits per heavy atom. The van der Waals surface area contributed by atoms with E-state index in [-0.39, 0.29) is 5.69 Å². The molecule has 2 N–H and O–H groups in total. The summed E-state index contributed by atoms with van der Waals surface area (Å²) in [6.45, 7) is 1.87. The quantitative estimate of drug-likeness (QED) is 0.252. The van der Waals surface area contributed by atoms with E-state index in [0.717, 1.165) is 10.2 Å². The zero-order valence-electron chi connectivity index (χ0n) is 14.2. The van der Waals surface area contributed by atoms with Gasteiger partial charge in [-0.05, 0) is 36.1 Å². The number of nitrogens with one attached hydrogen (secondary N) is 2. The molecule has 0 saturated carbocycles. The predicted octanol–water partition coefficient (Wildman–Crippen LogP) is 2.93. The van der Waals surface area contributed by atoms with Gasteiger partial charge in [-0.25, -0.2) is 4.68 Å². The third-order valence-electron chi connectivity index (χ3n) is 4.43. The van der Waals surface area contributed by atoms with Crippen LogP contribution in [0, 0.1) is 17.0 Å². The van der Waals surface area contributed by atoms with Crippen LogP contribution in [-0.4, -0.2) is 14.6 Å². The molecular formula is C19H14N4O4. The molecule has 0 aliphatic rings. The Kier molecular flexibility index (Phi) is 3.73. The lowest BCUT2D eigenvalue weighted by Crippen LogP contribution is -2.39. The standard InChI is InChI=1S/C19H14N4O4/c1-11-4-2-3-5-15(11)21-22-17-14-10-13(23(26)27)8-6-12(14)7-9-16(17)20-18(24)19(22)25/h2-10,21H,1H3,(H,20,24). The number of nitrogens with zero attached hydrogens (tertiary/aromatic N) is 2. The van der Waals surface area contributed by atoms with E-state index in [2.05, 4.69) is 10.4 Å².